The summed E-state index contributed by atoms with van der Waals surface area (Å²) in [6, 6.07) is 17.1. The van der Waals surface area contributed by atoms with Gasteiger partial charge in [0.1, 0.15) is 0 Å². The zero-order valence-corrected chi connectivity index (χ0v) is 19.6. The summed E-state index contributed by atoms with van der Waals surface area (Å²) in [5.74, 6) is 0.210. The topological polar surface area (TPSA) is 99.2 Å². The molecular weight excluding hydrogens is 454 g/mol. The van der Waals surface area contributed by atoms with E-state index in [4.69, 9.17) is 13.7 Å². The van der Waals surface area contributed by atoms with Crippen molar-refractivity contribution in [2.24, 2.45) is 0 Å². The number of fused-ring (bicyclic) bond motifs is 1. The standard InChI is InChI=1S/C22H25NO7S2/c1-28-13-12-23(16-17-8-11-21(29-2)22(14-17)30-31(3,24)25)32(26,27)20-10-9-18-6-4-5-7-19(18)15-20/h4-11,14-15H,12-13,16H2,1-3H3. The average molecular weight is 480 g/mol. The number of rotatable bonds is 10. The Kier molecular flexibility index (Phi) is 7.40. The summed E-state index contributed by atoms with van der Waals surface area (Å²) in [6.07, 6.45) is 0.925. The van der Waals surface area contributed by atoms with Gasteiger partial charge in [-0.05, 0) is 40.6 Å². The van der Waals surface area contributed by atoms with Crippen LogP contribution in [0.3, 0.4) is 0 Å². The lowest BCUT2D eigenvalue weighted by Crippen LogP contribution is -2.33. The molecule has 0 aliphatic rings. The zero-order valence-electron chi connectivity index (χ0n) is 18.0. The molecule has 172 valence electrons. The van der Waals surface area contributed by atoms with Crippen LogP contribution in [0, 0.1) is 0 Å². The normalized spacial score (nSPS) is 12.2. The molecule has 3 aromatic rings. The van der Waals surface area contributed by atoms with Crippen molar-refractivity contribution in [3.05, 3.63) is 66.2 Å². The molecule has 0 saturated carbocycles. The van der Waals surface area contributed by atoms with Crippen LogP contribution >= 0.6 is 0 Å². The van der Waals surface area contributed by atoms with Crippen molar-refractivity contribution in [3.63, 3.8) is 0 Å². The Hall–Kier alpha value is -2.66. The Morgan fingerprint density at radius 2 is 1.56 bits per heavy atom. The van der Waals surface area contributed by atoms with Gasteiger partial charge in [-0.2, -0.15) is 12.7 Å². The van der Waals surface area contributed by atoms with Gasteiger partial charge in [-0.1, -0.05) is 36.4 Å². The van der Waals surface area contributed by atoms with Crippen molar-refractivity contribution in [3.8, 4) is 11.5 Å². The van der Waals surface area contributed by atoms with Crippen molar-refractivity contribution < 1.29 is 30.5 Å². The monoisotopic (exact) mass is 479 g/mol. The van der Waals surface area contributed by atoms with E-state index in [0.29, 0.717) is 5.56 Å². The van der Waals surface area contributed by atoms with Crippen LogP contribution in [-0.4, -0.2) is 54.8 Å². The summed E-state index contributed by atoms with van der Waals surface area (Å²) in [6.45, 7) is 0.290. The minimum absolute atomic E-state index is 0.0113. The molecule has 0 aliphatic carbocycles. The predicted octanol–water partition coefficient (Wildman–Crippen LogP) is 3.02. The van der Waals surface area contributed by atoms with E-state index < -0.39 is 20.1 Å². The Morgan fingerprint density at radius 3 is 2.22 bits per heavy atom. The molecule has 0 aromatic heterocycles. The van der Waals surface area contributed by atoms with Crippen LogP contribution in [0.1, 0.15) is 5.56 Å². The second-order valence-corrected chi connectivity index (χ2v) is 10.6. The van der Waals surface area contributed by atoms with Crippen LogP contribution in [-0.2, 0) is 31.4 Å². The van der Waals surface area contributed by atoms with E-state index in [0.717, 1.165) is 17.0 Å². The molecule has 0 aliphatic heterocycles. The van der Waals surface area contributed by atoms with Crippen LogP contribution in [0.5, 0.6) is 11.5 Å². The lowest BCUT2D eigenvalue weighted by atomic mass is 10.1. The molecular formula is C22H25NO7S2. The van der Waals surface area contributed by atoms with E-state index >= 15 is 0 Å². The summed E-state index contributed by atoms with van der Waals surface area (Å²) in [7, 11) is -4.78. The predicted molar refractivity (Wildman–Crippen MR) is 122 cm³/mol. The summed E-state index contributed by atoms with van der Waals surface area (Å²) in [5, 5.41) is 1.75. The molecule has 0 spiro atoms. The lowest BCUT2D eigenvalue weighted by molar-refractivity contribution is 0.177. The van der Waals surface area contributed by atoms with Crippen LogP contribution in [0.2, 0.25) is 0 Å². The van der Waals surface area contributed by atoms with Crippen molar-refractivity contribution in [1.29, 1.82) is 0 Å². The quantitative estimate of drug-likeness (QED) is 0.412. The molecule has 0 bridgehead atoms. The Bertz CT molecular complexity index is 1300. The van der Waals surface area contributed by atoms with Gasteiger partial charge in [-0.3, -0.25) is 0 Å². The molecule has 0 N–H and O–H groups in total. The molecule has 0 fully saturated rings. The number of benzene rings is 3. The fourth-order valence-corrected chi connectivity index (χ4v) is 5.11. The van der Waals surface area contributed by atoms with E-state index in [2.05, 4.69) is 0 Å². The number of nitrogens with zero attached hydrogens (tertiary/aromatic N) is 1. The summed E-state index contributed by atoms with van der Waals surface area (Å²) in [5.41, 5.74) is 0.532. The molecule has 32 heavy (non-hydrogen) atoms. The van der Waals surface area contributed by atoms with E-state index in [9.17, 15) is 16.8 Å². The van der Waals surface area contributed by atoms with Crippen LogP contribution in [0.15, 0.2) is 65.6 Å². The molecule has 0 atom stereocenters. The van der Waals surface area contributed by atoms with E-state index in [1.165, 1.54) is 30.7 Å². The van der Waals surface area contributed by atoms with Crippen molar-refractivity contribution in [1.82, 2.24) is 4.31 Å². The van der Waals surface area contributed by atoms with Crippen LogP contribution < -0.4 is 8.92 Å². The van der Waals surface area contributed by atoms with Gasteiger partial charge in [0.25, 0.3) is 0 Å². The van der Waals surface area contributed by atoms with Gasteiger partial charge < -0.3 is 13.7 Å². The number of methoxy groups -OCH3 is 2. The molecule has 0 heterocycles. The van der Waals surface area contributed by atoms with Crippen LogP contribution in [0.4, 0.5) is 0 Å². The highest BCUT2D eigenvalue weighted by molar-refractivity contribution is 7.89. The molecule has 0 saturated heterocycles. The number of sulfonamides is 1. The van der Waals surface area contributed by atoms with Gasteiger partial charge in [0.15, 0.2) is 11.5 Å². The highest BCUT2D eigenvalue weighted by Gasteiger charge is 2.25. The van der Waals surface area contributed by atoms with Crippen LogP contribution in [0.25, 0.3) is 10.8 Å². The number of hydrogen-bond donors (Lipinski definition) is 0. The highest BCUT2D eigenvalue weighted by Crippen LogP contribution is 2.30. The second-order valence-electron chi connectivity index (χ2n) is 7.11. The lowest BCUT2D eigenvalue weighted by Gasteiger charge is -2.23. The first-order chi connectivity index (χ1) is 15.1. The van der Waals surface area contributed by atoms with E-state index in [1.54, 1.807) is 24.3 Å². The smallest absolute Gasteiger partial charge is 0.306 e. The molecule has 0 unspecified atom stereocenters. The van der Waals surface area contributed by atoms with E-state index in [1.807, 2.05) is 24.3 Å². The maximum Gasteiger partial charge on any atom is 0.306 e. The Morgan fingerprint density at radius 1 is 0.844 bits per heavy atom. The first kappa shape index (κ1) is 24.0. The second kappa shape index (κ2) is 9.86. The van der Waals surface area contributed by atoms with Gasteiger partial charge in [0.05, 0.1) is 24.9 Å². The van der Waals surface area contributed by atoms with Gasteiger partial charge in [0, 0.05) is 20.2 Å². The fourth-order valence-electron chi connectivity index (χ4n) is 3.21. The molecule has 0 radical (unpaired) electrons. The first-order valence-electron chi connectivity index (χ1n) is 9.68. The maximum atomic E-state index is 13.4. The van der Waals surface area contributed by atoms with E-state index in [-0.39, 0.29) is 36.1 Å². The summed E-state index contributed by atoms with van der Waals surface area (Å²) in [4.78, 5) is 0.161. The van der Waals surface area contributed by atoms with Gasteiger partial charge >= 0.3 is 10.1 Å². The minimum atomic E-state index is -3.86. The fraction of sp³-hybridized carbons (Fsp3) is 0.273. The molecule has 3 rings (SSSR count). The summed E-state index contributed by atoms with van der Waals surface area (Å²) >= 11 is 0. The summed E-state index contributed by atoms with van der Waals surface area (Å²) < 4.78 is 66.6. The highest BCUT2D eigenvalue weighted by atomic mass is 32.2. The largest absolute Gasteiger partial charge is 0.493 e. The Balaban J connectivity index is 1.97. The SMILES string of the molecule is COCCN(Cc1ccc(OC)c(OS(C)(=O)=O)c1)S(=O)(=O)c1ccc2ccccc2c1. The number of ether oxygens (including phenoxy) is 2. The van der Waals surface area contributed by atoms with Crippen molar-refractivity contribution >= 4 is 30.9 Å². The first-order valence-corrected chi connectivity index (χ1v) is 12.9. The molecule has 0 amide bonds. The third-order valence-electron chi connectivity index (χ3n) is 4.73. The average Bonchev–Trinajstić information content (AvgIpc) is 2.75. The van der Waals surface area contributed by atoms with Gasteiger partial charge in [-0.25, -0.2) is 8.42 Å². The molecule has 8 nitrogen and oxygen atoms in total. The Labute approximate surface area is 188 Å². The van der Waals surface area contributed by atoms with Crippen molar-refractivity contribution in [2.45, 2.75) is 11.4 Å². The third-order valence-corrected chi connectivity index (χ3v) is 7.06. The third kappa shape index (κ3) is 5.77. The van der Waals surface area contributed by atoms with Gasteiger partial charge in [-0.15, -0.1) is 0 Å². The molecule has 3 aromatic carbocycles. The van der Waals surface area contributed by atoms with Gasteiger partial charge in [0.2, 0.25) is 10.0 Å². The molecule has 10 heteroatoms. The number of hydrogen-bond acceptors (Lipinski definition) is 7. The zero-order chi connectivity index (χ0) is 23.4. The maximum absolute atomic E-state index is 13.4. The van der Waals surface area contributed by atoms with Crippen molar-refractivity contribution in [2.75, 3.05) is 33.6 Å². The minimum Gasteiger partial charge on any atom is -0.493 e.